The van der Waals surface area contributed by atoms with Gasteiger partial charge in [-0.1, -0.05) is 0 Å². The molecule has 0 fully saturated rings. The van der Waals surface area contributed by atoms with Crippen molar-refractivity contribution in [1.29, 1.82) is 0 Å². The van der Waals surface area contributed by atoms with Crippen molar-refractivity contribution in [3.63, 3.8) is 0 Å². The Morgan fingerprint density at radius 1 is 0.700 bits per heavy atom. The van der Waals surface area contributed by atoms with Gasteiger partial charge in [-0.25, -0.2) is 4.57 Å². The van der Waals surface area contributed by atoms with Crippen LogP contribution in [0, 0.1) is 0 Å². The van der Waals surface area contributed by atoms with Crippen LogP contribution in [0.2, 0.25) is 0 Å². The van der Waals surface area contributed by atoms with Crippen LogP contribution >= 0.6 is 15.4 Å². The summed E-state index contributed by atoms with van der Waals surface area (Å²) in [5.41, 5.74) is 0. The van der Waals surface area contributed by atoms with Crippen LogP contribution < -0.4 is 0 Å². The van der Waals surface area contributed by atoms with E-state index in [4.69, 9.17) is 9.47 Å². The predicted octanol–water partition coefficient (Wildman–Crippen LogP) is 2.13. The van der Waals surface area contributed by atoms with E-state index < -0.39 is 15.4 Å². The Bertz CT molecular complexity index is 283. The summed E-state index contributed by atoms with van der Waals surface area (Å²) < 4.78 is 54.0. The molecule has 0 N–H and O–H groups in total. The van der Waals surface area contributed by atoms with Crippen molar-refractivity contribution in [3.8, 4) is 0 Å². The maximum Gasteiger partial charge on any atom is 0.473 e. The summed E-state index contributed by atoms with van der Waals surface area (Å²) in [5.74, 6) is 0. The Labute approximate surface area is 119 Å². The van der Waals surface area contributed by atoms with Gasteiger partial charge in [0.2, 0.25) is 0 Å². The highest BCUT2D eigenvalue weighted by atomic mass is 31.2. The fraction of sp³-hybridized carbons (Fsp3) is 1.00. The van der Waals surface area contributed by atoms with Crippen LogP contribution in [0.4, 0.5) is 0 Å². The molecule has 0 bridgehead atoms. The first-order valence-corrected chi connectivity index (χ1v) is 8.60. The maximum atomic E-state index is 11.3. The molecular formula is C9H24O9P2. The summed E-state index contributed by atoms with van der Waals surface area (Å²) in [6.45, 7) is 0.848. The molecule has 20 heavy (non-hydrogen) atoms. The van der Waals surface area contributed by atoms with Crippen LogP contribution in [0.5, 0.6) is 0 Å². The molecule has 0 aliphatic carbocycles. The highest BCUT2D eigenvalue weighted by Crippen LogP contribution is 2.46. The van der Waals surface area contributed by atoms with Crippen LogP contribution in [-0.2, 0) is 41.2 Å². The Hall–Kier alpha value is 0.180. The van der Waals surface area contributed by atoms with Crippen molar-refractivity contribution < 1.29 is 41.2 Å². The second kappa shape index (κ2) is 12.9. The number of hydrogen-bond acceptors (Lipinski definition) is 9. The van der Waals surface area contributed by atoms with Gasteiger partial charge in [0, 0.05) is 42.7 Å². The van der Waals surface area contributed by atoms with Crippen LogP contribution in [0.3, 0.4) is 0 Å². The normalized spacial score (nSPS) is 11.9. The Morgan fingerprint density at radius 2 is 1.15 bits per heavy atom. The van der Waals surface area contributed by atoms with Crippen LogP contribution in [0.25, 0.3) is 0 Å². The quantitative estimate of drug-likeness (QED) is 0.438. The minimum atomic E-state index is -3.16. The summed E-state index contributed by atoms with van der Waals surface area (Å²) in [6.07, 6.45) is -0.0383. The highest BCUT2D eigenvalue weighted by molar-refractivity contribution is 7.53. The zero-order valence-corrected chi connectivity index (χ0v) is 14.5. The molecule has 0 aliphatic rings. The average Bonchev–Trinajstić information content (AvgIpc) is 2.51. The third kappa shape index (κ3) is 10.9. The predicted molar refractivity (Wildman–Crippen MR) is 73.0 cm³/mol. The van der Waals surface area contributed by atoms with Crippen molar-refractivity contribution in [1.82, 2.24) is 0 Å². The summed E-state index contributed by atoms with van der Waals surface area (Å²) in [6, 6.07) is 0. The van der Waals surface area contributed by atoms with Crippen molar-refractivity contribution >= 4 is 15.4 Å². The van der Waals surface area contributed by atoms with E-state index >= 15 is 0 Å². The molecule has 0 aromatic carbocycles. The molecule has 0 rings (SSSR count). The third-order valence-electron chi connectivity index (χ3n) is 1.91. The number of phosphoric acid groups is 1. The van der Waals surface area contributed by atoms with Crippen LogP contribution in [0.15, 0.2) is 0 Å². The second-order valence-corrected chi connectivity index (χ2v) is 7.20. The average molecular weight is 338 g/mol. The van der Waals surface area contributed by atoms with E-state index in [0.717, 1.165) is 0 Å². The standard InChI is InChI=1S/C6H15O5P.C3H9O4P/c1-8-4-5-11-6-12(7,9-2)10-3;1-5-8(4,6-2)7-3/h4-6H2,1-3H3;1-3H3. The number of rotatable bonds is 10. The topological polar surface area (TPSA) is 98.8 Å². The van der Waals surface area contributed by atoms with Gasteiger partial charge in [0.1, 0.15) is 6.35 Å². The fourth-order valence-electron chi connectivity index (χ4n) is 0.722. The second-order valence-electron chi connectivity index (χ2n) is 3.00. The van der Waals surface area contributed by atoms with E-state index in [1.54, 1.807) is 7.11 Å². The van der Waals surface area contributed by atoms with Crippen LogP contribution in [0.1, 0.15) is 0 Å². The largest absolute Gasteiger partial charge is 0.473 e. The summed E-state index contributed by atoms with van der Waals surface area (Å²) >= 11 is 0. The van der Waals surface area contributed by atoms with E-state index in [1.807, 2.05) is 0 Å². The Morgan fingerprint density at radius 3 is 1.40 bits per heavy atom. The molecule has 0 saturated carbocycles. The van der Waals surface area contributed by atoms with Gasteiger partial charge < -0.3 is 18.5 Å². The summed E-state index contributed by atoms with van der Waals surface area (Å²) in [5, 5.41) is 0. The zero-order valence-electron chi connectivity index (χ0n) is 12.7. The fourth-order valence-corrected chi connectivity index (χ4v) is 1.88. The van der Waals surface area contributed by atoms with E-state index in [1.165, 1.54) is 35.5 Å². The van der Waals surface area contributed by atoms with Crippen LogP contribution in [-0.4, -0.2) is 62.2 Å². The minimum absolute atomic E-state index is 0.0383. The third-order valence-corrected chi connectivity index (χ3v) is 4.86. The SMILES string of the molecule is COCCOCP(=O)(OC)OC.COP(=O)(OC)OC. The molecular weight excluding hydrogens is 314 g/mol. The van der Waals surface area contributed by atoms with Gasteiger partial charge in [0.25, 0.3) is 0 Å². The highest BCUT2D eigenvalue weighted by Gasteiger charge is 2.20. The molecule has 0 atom stereocenters. The first-order chi connectivity index (χ1) is 9.36. The van der Waals surface area contributed by atoms with E-state index in [0.29, 0.717) is 13.2 Å². The zero-order chi connectivity index (χ0) is 16.1. The van der Waals surface area contributed by atoms with Crippen molar-refractivity contribution in [2.75, 3.05) is 62.2 Å². The van der Waals surface area contributed by atoms with Crippen molar-refractivity contribution in [3.05, 3.63) is 0 Å². The van der Waals surface area contributed by atoms with E-state index in [-0.39, 0.29) is 6.35 Å². The molecule has 11 heteroatoms. The van der Waals surface area contributed by atoms with Gasteiger partial charge in [0.05, 0.1) is 13.2 Å². The van der Waals surface area contributed by atoms with Gasteiger partial charge in [-0.3, -0.25) is 18.1 Å². The van der Waals surface area contributed by atoms with Crippen molar-refractivity contribution in [2.45, 2.75) is 0 Å². The van der Waals surface area contributed by atoms with E-state index in [9.17, 15) is 9.13 Å². The van der Waals surface area contributed by atoms with Gasteiger partial charge >= 0.3 is 15.4 Å². The van der Waals surface area contributed by atoms with E-state index in [2.05, 4.69) is 22.6 Å². The molecule has 0 unspecified atom stereocenters. The molecule has 9 nitrogen and oxygen atoms in total. The Kier molecular flexibility index (Phi) is 14.5. The molecule has 0 aromatic rings. The molecule has 0 saturated heterocycles. The first kappa shape index (κ1) is 22.5. The molecule has 0 amide bonds. The Balaban J connectivity index is 0. The molecule has 0 aromatic heterocycles. The lowest BCUT2D eigenvalue weighted by atomic mass is 10.8. The van der Waals surface area contributed by atoms with Gasteiger partial charge in [0.15, 0.2) is 0 Å². The maximum absolute atomic E-state index is 11.3. The summed E-state index contributed by atoms with van der Waals surface area (Å²) in [4.78, 5) is 0. The molecule has 0 heterocycles. The molecule has 124 valence electrons. The number of methoxy groups -OCH3 is 1. The monoisotopic (exact) mass is 338 g/mol. The number of phosphoric ester groups is 1. The van der Waals surface area contributed by atoms with Gasteiger partial charge in [-0.05, 0) is 0 Å². The molecule has 0 radical (unpaired) electrons. The molecule has 0 aliphatic heterocycles. The lowest BCUT2D eigenvalue weighted by Gasteiger charge is -2.12. The number of hydrogen-bond donors (Lipinski definition) is 0. The van der Waals surface area contributed by atoms with Gasteiger partial charge in [-0.15, -0.1) is 0 Å². The lowest BCUT2D eigenvalue weighted by Crippen LogP contribution is -2.05. The first-order valence-electron chi connectivity index (χ1n) is 5.41. The van der Waals surface area contributed by atoms with Gasteiger partial charge in [-0.2, -0.15) is 0 Å². The van der Waals surface area contributed by atoms with Crippen molar-refractivity contribution in [2.24, 2.45) is 0 Å². The summed E-state index contributed by atoms with van der Waals surface area (Å²) in [7, 11) is 1.82. The lowest BCUT2D eigenvalue weighted by molar-refractivity contribution is 0.0821. The molecule has 0 spiro atoms. The minimum Gasteiger partial charge on any atom is -0.382 e. The smallest absolute Gasteiger partial charge is 0.382 e. The number of ether oxygens (including phenoxy) is 2.